The summed E-state index contributed by atoms with van der Waals surface area (Å²) >= 11 is 0. The Morgan fingerprint density at radius 1 is 1.23 bits per heavy atom. The van der Waals surface area contributed by atoms with E-state index in [4.69, 9.17) is 4.42 Å². The van der Waals surface area contributed by atoms with Gasteiger partial charge in [0.25, 0.3) is 0 Å². The van der Waals surface area contributed by atoms with Gasteiger partial charge >= 0.3 is 0 Å². The van der Waals surface area contributed by atoms with E-state index in [0.717, 1.165) is 23.3 Å². The van der Waals surface area contributed by atoms with Crippen LogP contribution in [0.4, 0.5) is 5.69 Å². The summed E-state index contributed by atoms with van der Waals surface area (Å²) in [5.41, 5.74) is 2.13. The Bertz CT molecular complexity index is 772. The summed E-state index contributed by atoms with van der Waals surface area (Å²) in [7, 11) is -3.41. The molecule has 0 radical (unpaired) electrons. The minimum atomic E-state index is -3.41. The average molecular weight is 322 g/mol. The number of rotatable bonds is 4. The summed E-state index contributed by atoms with van der Waals surface area (Å²) in [6.07, 6.45) is 1.04. The first-order chi connectivity index (χ1) is 10.2. The molecule has 1 atom stereocenters. The van der Waals surface area contributed by atoms with Crippen LogP contribution in [0.5, 0.6) is 0 Å². The van der Waals surface area contributed by atoms with Crippen molar-refractivity contribution < 1.29 is 17.6 Å². The van der Waals surface area contributed by atoms with E-state index in [2.05, 4.69) is 10.3 Å². The van der Waals surface area contributed by atoms with Crippen LogP contribution in [0.25, 0.3) is 11.5 Å². The highest BCUT2D eigenvalue weighted by atomic mass is 32.2. The molecule has 1 aromatic heterocycles. The van der Waals surface area contributed by atoms with Gasteiger partial charge in [-0.05, 0) is 45.0 Å². The van der Waals surface area contributed by atoms with Gasteiger partial charge in [-0.2, -0.15) is 0 Å². The number of carbonyl (C=O) groups is 1. The number of benzene rings is 1. The molecule has 1 amide bonds. The van der Waals surface area contributed by atoms with E-state index < -0.39 is 21.0 Å². The summed E-state index contributed by atoms with van der Waals surface area (Å²) in [5, 5.41) is 1.48. The molecule has 0 saturated heterocycles. The van der Waals surface area contributed by atoms with Gasteiger partial charge in [-0.25, -0.2) is 13.4 Å². The first-order valence-electron chi connectivity index (χ1n) is 6.72. The van der Waals surface area contributed by atoms with Crippen molar-refractivity contribution in [1.82, 2.24) is 4.98 Å². The molecule has 2 aromatic rings. The highest BCUT2D eigenvalue weighted by Crippen LogP contribution is 2.23. The van der Waals surface area contributed by atoms with E-state index in [1.165, 1.54) is 6.92 Å². The fraction of sp³-hybridized carbons (Fsp3) is 0.333. The quantitative estimate of drug-likeness (QED) is 0.933. The van der Waals surface area contributed by atoms with Gasteiger partial charge in [-0.3, -0.25) is 4.79 Å². The van der Waals surface area contributed by atoms with E-state index in [-0.39, 0.29) is 0 Å². The van der Waals surface area contributed by atoms with Crippen molar-refractivity contribution in [2.45, 2.75) is 26.0 Å². The van der Waals surface area contributed by atoms with Gasteiger partial charge in [0.2, 0.25) is 11.8 Å². The van der Waals surface area contributed by atoms with E-state index in [1.54, 1.807) is 24.3 Å². The number of hydrogen-bond acceptors (Lipinski definition) is 5. The lowest BCUT2D eigenvalue weighted by Crippen LogP contribution is -2.31. The lowest BCUT2D eigenvalue weighted by Gasteiger charge is -2.10. The van der Waals surface area contributed by atoms with Gasteiger partial charge in [0.1, 0.15) is 11.0 Å². The molecule has 1 heterocycles. The van der Waals surface area contributed by atoms with Gasteiger partial charge in [-0.1, -0.05) is 0 Å². The van der Waals surface area contributed by atoms with Crippen molar-refractivity contribution in [2.75, 3.05) is 11.6 Å². The molecule has 7 heteroatoms. The number of carbonyl (C=O) groups excluding carboxylic acids is 1. The zero-order valence-electron chi connectivity index (χ0n) is 12.9. The Morgan fingerprint density at radius 2 is 1.82 bits per heavy atom. The van der Waals surface area contributed by atoms with Crippen molar-refractivity contribution in [3.8, 4) is 11.5 Å². The van der Waals surface area contributed by atoms with Crippen molar-refractivity contribution in [3.05, 3.63) is 35.7 Å². The van der Waals surface area contributed by atoms with Gasteiger partial charge < -0.3 is 9.73 Å². The van der Waals surface area contributed by atoms with E-state index in [1.807, 2.05) is 13.8 Å². The second kappa shape index (κ2) is 5.92. The first-order valence-corrected chi connectivity index (χ1v) is 8.68. The van der Waals surface area contributed by atoms with Gasteiger partial charge in [0.15, 0.2) is 9.84 Å². The van der Waals surface area contributed by atoms with E-state index in [9.17, 15) is 13.2 Å². The van der Waals surface area contributed by atoms with Crippen LogP contribution in [0.2, 0.25) is 0 Å². The van der Waals surface area contributed by atoms with E-state index >= 15 is 0 Å². The molecule has 0 saturated carbocycles. The summed E-state index contributed by atoms with van der Waals surface area (Å²) in [6, 6.07) is 6.87. The minimum absolute atomic E-state index is 0.511. The second-order valence-electron chi connectivity index (χ2n) is 5.20. The molecule has 1 N–H and O–H groups in total. The monoisotopic (exact) mass is 322 g/mol. The SMILES string of the molecule is Cc1nc(-c2ccc(NC(=O)[C@H](C)S(C)(=O)=O)cc2)oc1C. The summed E-state index contributed by atoms with van der Waals surface area (Å²) < 4.78 is 28.2. The van der Waals surface area contributed by atoms with Gasteiger partial charge in [0.05, 0.1) is 5.69 Å². The number of aromatic nitrogens is 1. The normalized spacial score (nSPS) is 12.9. The predicted molar refractivity (Wildman–Crippen MR) is 84.3 cm³/mol. The number of nitrogens with zero attached hydrogens (tertiary/aromatic N) is 1. The molecule has 0 aliphatic heterocycles. The molecule has 0 aliphatic rings. The molecule has 2 rings (SSSR count). The predicted octanol–water partition coefficient (Wildman–Crippen LogP) is 2.33. The molecule has 0 unspecified atom stereocenters. The zero-order valence-corrected chi connectivity index (χ0v) is 13.7. The Labute approximate surface area is 129 Å². The van der Waals surface area contributed by atoms with Crippen LogP contribution < -0.4 is 5.32 Å². The molecular formula is C15H18N2O4S. The van der Waals surface area contributed by atoms with Crippen molar-refractivity contribution >= 4 is 21.4 Å². The number of nitrogens with one attached hydrogen (secondary N) is 1. The molecule has 6 nitrogen and oxygen atoms in total. The average Bonchev–Trinajstić information content (AvgIpc) is 2.77. The Morgan fingerprint density at radius 3 is 2.27 bits per heavy atom. The highest BCUT2D eigenvalue weighted by Gasteiger charge is 2.23. The second-order valence-corrected chi connectivity index (χ2v) is 7.57. The Balaban J connectivity index is 2.14. The molecule has 0 spiro atoms. The molecule has 0 fully saturated rings. The Hall–Kier alpha value is -2.15. The molecule has 118 valence electrons. The minimum Gasteiger partial charge on any atom is -0.441 e. The van der Waals surface area contributed by atoms with Crippen LogP contribution in [0.15, 0.2) is 28.7 Å². The highest BCUT2D eigenvalue weighted by molar-refractivity contribution is 7.92. The molecule has 0 aliphatic carbocycles. The third kappa shape index (κ3) is 3.54. The maximum absolute atomic E-state index is 11.8. The summed E-state index contributed by atoms with van der Waals surface area (Å²) in [6.45, 7) is 5.06. The van der Waals surface area contributed by atoms with Crippen molar-refractivity contribution in [3.63, 3.8) is 0 Å². The van der Waals surface area contributed by atoms with Gasteiger partial charge in [0, 0.05) is 17.5 Å². The molecule has 0 bridgehead atoms. The van der Waals surface area contributed by atoms with Crippen LogP contribution in [0.1, 0.15) is 18.4 Å². The maximum Gasteiger partial charge on any atom is 0.242 e. The lowest BCUT2D eigenvalue weighted by atomic mass is 10.2. The molecule has 1 aromatic carbocycles. The largest absolute Gasteiger partial charge is 0.441 e. The van der Waals surface area contributed by atoms with Crippen LogP contribution in [0, 0.1) is 13.8 Å². The smallest absolute Gasteiger partial charge is 0.242 e. The molecule has 22 heavy (non-hydrogen) atoms. The zero-order chi connectivity index (χ0) is 16.5. The standard InChI is InChI=1S/C15H18N2O4S/c1-9-10(2)21-15(16-9)12-5-7-13(8-6-12)17-14(18)11(3)22(4,19)20/h5-8,11H,1-4H3,(H,17,18)/t11-/m0/s1. The first kappa shape index (κ1) is 16.2. The fourth-order valence-electron chi connectivity index (χ4n) is 1.73. The van der Waals surface area contributed by atoms with Gasteiger partial charge in [-0.15, -0.1) is 0 Å². The van der Waals surface area contributed by atoms with Crippen LogP contribution in [0.3, 0.4) is 0 Å². The van der Waals surface area contributed by atoms with Crippen molar-refractivity contribution in [2.24, 2.45) is 0 Å². The number of oxazole rings is 1. The number of sulfone groups is 1. The van der Waals surface area contributed by atoms with Crippen LogP contribution in [-0.2, 0) is 14.6 Å². The lowest BCUT2D eigenvalue weighted by molar-refractivity contribution is -0.115. The third-order valence-corrected chi connectivity index (χ3v) is 4.94. The van der Waals surface area contributed by atoms with Crippen LogP contribution >= 0.6 is 0 Å². The summed E-state index contributed by atoms with van der Waals surface area (Å²) in [4.78, 5) is 16.1. The topological polar surface area (TPSA) is 89.3 Å². The van der Waals surface area contributed by atoms with Crippen LogP contribution in [-0.4, -0.2) is 30.8 Å². The van der Waals surface area contributed by atoms with Crippen molar-refractivity contribution in [1.29, 1.82) is 0 Å². The fourth-order valence-corrected chi connectivity index (χ4v) is 2.18. The summed E-state index contributed by atoms with van der Waals surface area (Å²) in [5.74, 6) is 0.713. The number of amides is 1. The van der Waals surface area contributed by atoms with E-state index in [0.29, 0.717) is 11.6 Å². The Kier molecular flexibility index (Phi) is 4.37. The number of hydrogen-bond donors (Lipinski definition) is 1. The number of anilines is 1. The number of aryl methyl sites for hydroxylation is 2. The third-order valence-electron chi connectivity index (χ3n) is 3.44. The maximum atomic E-state index is 11.8. The molecular weight excluding hydrogens is 304 g/mol.